The molecule has 0 atom stereocenters. The van der Waals surface area contributed by atoms with Crippen molar-refractivity contribution < 1.29 is 72.2 Å². The Morgan fingerprint density at radius 1 is 0.535 bits per heavy atom. The molecule has 4 aromatic carbocycles. The van der Waals surface area contributed by atoms with Crippen LogP contribution in [0.25, 0.3) is 0 Å². The topological polar surface area (TPSA) is 236 Å². The lowest BCUT2D eigenvalue weighted by Gasteiger charge is -2.42. The summed E-state index contributed by atoms with van der Waals surface area (Å²) < 4.78 is 126. The van der Waals surface area contributed by atoms with E-state index in [1.54, 1.807) is 12.1 Å². The Bertz CT molecular complexity index is 3280. The summed E-state index contributed by atoms with van der Waals surface area (Å²) in [5.41, 5.74) is 8.75. The molecule has 0 aromatic heterocycles. The van der Waals surface area contributed by atoms with Gasteiger partial charge in [-0.25, -0.2) is 35.2 Å². The first-order valence-electron chi connectivity index (χ1n) is 28.5. The highest BCUT2D eigenvalue weighted by Gasteiger charge is 2.39. The van der Waals surface area contributed by atoms with Gasteiger partial charge in [-0.2, -0.15) is 13.2 Å². The van der Waals surface area contributed by atoms with Gasteiger partial charge in [0.2, 0.25) is 0 Å². The molecule has 4 aromatic rings. The molecule has 6 aliphatic rings. The van der Waals surface area contributed by atoms with Gasteiger partial charge in [-0.1, -0.05) is 48.5 Å². The summed E-state index contributed by atoms with van der Waals surface area (Å²) in [6, 6.07) is 22.5. The van der Waals surface area contributed by atoms with Crippen molar-refractivity contribution in [3.8, 4) is 0 Å². The molecule has 6 heterocycles. The van der Waals surface area contributed by atoms with E-state index in [-0.39, 0.29) is 103 Å². The number of piperazine rings is 2. The molecule has 0 aliphatic carbocycles. The molecule has 0 bridgehead atoms. The van der Waals surface area contributed by atoms with Gasteiger partial charge in [0.15, 0.2) is 31.2 Å². The van der Waals surface area contributed by atoms with Crippen molar-refractivity contribution in [2.45, 2.75) is 44.4 Å². The molecular formula is C58H71F5N10O11S2. The predicted octanol–water partition coefficient (Wildman–Crippen LogP) is 3.40. The van der Waals surface area contributed by atoms with Crippen LogP contribution < -0.4 is 20.9 Å². The molecular weight excluding hydrogens is 1170 g/mol. The number of ether oxygens (including phenoxy) is 2. The number of urea groups is 2. The second-order valence-electron chi connectivity index (χ2n) is 22.2. The minimum Gasteiger partial charge on any atom is -0.378 e. The number of carbonyl (C=O) groups excluding carboxylic acids is 5. The fraction of sp³-hybridized carbons (Fsp3) is 0.500. The van der Waals surface area contributed by atoms with Gasteiger partial charge in [-0.15, -0.1) is 0 Å². The van der Waals surface area contributed by atoms with E-state index in [9.17, 15) is 54.0 Å². The lowest BCUT2D eigenvalue weighted by Crippen LogP contribution is -2.56. The Hall–Kier alpha value is -6.50. The first-order valence-corrected chi connectivity index (χ1v) is 32.1. The van der Waals surface area contributed by atoms with Crippen LogP contribution in [0, 0.1) is 11.6 Å². The van der Waals surface area contributed by atoms with Gasteiger partial charge in [0.05, 0.1) is 87.7 Å². The number of halogens is 5. The average Bonchev–Trinajstić information content (AvgIpc) is 3.17. The monoisotopic (exact) mass is 1240 g/mol. The Labute approximate surface area is 496 Å². The number of alkyl halides is 3. The first kappa shape index (κ1) is 64.0. The Kier molecular flexibility index (Phi) is 20.9. The van der Waals surface area contributed by atoms with E-state index >= 15 is 8.78 Å². The lowest BCUT2D eigenvalue weighted by molar-refractivity contribution is -0.173. The number of hydrogen-bond donors (Lipinski definition) is 2. The third-order valence-electron chi connectivity index (χ3n) is 16.3. The summed E-state index contributed by atoms with van der Waals surface area (Å²) in [5.74, 6) is -5.66. The highest BCUT2D eigenvalue weighted by Crippen LogP contribution is 2.27. The van der Waals surface area contributed by atoms with Crippen LogP contribution in [0.1, 0.15) is 43.0 Å². The van der Waals surface area contributed by atoms with Gasteiger partial charge < -0.3 is 30.3 Å². The summed E-state index contributed by atoms with van der Waals surface area (Å²) in [6.07, 6.45) is -5.16. The van der Waals surface area contributed by atoms with Crippen LogP contribution in [-0.4, -0.2) is 235 Å². The molecule has 3 N–H and O–H groups in total. The third kappa shape index (κ3) is 16.8. The summed E-state index contributed by atoms with van der Waals surface area (Å²) >= 11 is 0. The normalized spacial score (nSPS) is 19.7. The smallest absolute Gasteiger partial charge is 0.378 e. The number of carbonyl (C=O) groups is 5. The maximum atomic E-state index is 15.2. The Balaban J connectivity index is 0.000000207. The second-order valence-corrected chi connectivity index (χ2v) is 26.8. The van der Waals surface area contributed by atoms with Gasteiger partial charge in [0, 0.05) is 125 Å². The standard InChI is InChI=1S/C30H35F4N5O6S.C28H36FN5O5S/c31-26-15-22(27(40)16-35-28(41)30(32,33)34)3-4-23(26)18-39(29(42)38-11-13-46(43,44)14-12-38)24-5-1-21(2-6-24)17-36-7-9-37(10-8-36)25-19-45-20-25;29-26-15-22(27(35)16-30)3-4-23(26)18-34(28(36)33-11-13-40(37,38)14-12-33)24-5-1-21(2-6-24)17-31-7-9-32(10-8-31)25-19-39-20-25/h1-6,15,25H,7-14,16-20H2,(H,35,41);1-6,15,25H,7-14,16-20,30H2. The number of ketones is 2. The van der Waals surface area contributed by atoms with Gasteiger partial charge in [0.1, 0.15) is 11.6 Å². The third-order valence-corrected chi connectivity index (χ3v) is 19.6. The largest absolute Gasteiger partial charge is 0.471 e. The minimum absolute atomic E-state index is 0.0196. The summed E-state index contributed by atoms with van der Waals surface area (Å²) in [4.78, 5) is 77.9. The van der Waals surface area contributed by atoms with E-state index < -0.39 is 61.8 Å². The quantitative estimate of drug-likeness (QED) is 0.114. The number of amides is 5. The van der Waals surface area contributed by atoms with Crippen molar-refractivity contribution in [3.63, 3.8) is 0 Å². The molecule has 5 amide bonds. The number of sulfone groups is 2. The second kappa shape index (κ2) is 28.1. The van der Waals surface area contributed by atoms with Crippen LogP contribution in [0.3, 0.4) is 0 Å². The zero-order valence-corrected chi connectivity index (χ0v) is 49.1. The zero-order chi connectivity index (χ0) is 61.3. The number of nitrogens with zero attached hydrogens (tertiary/aromatic N) is 8. The van der Waals surface area contributed by atoms with Gasteiger partial charge >= 0.3 is 24.1 Å². The summed E-state index contributed by atoms with van der Waals surface area (Å²) in [6.45, 7) is 11.0. The average molecular weight is 1240 g/mol. The number of rotatable bonds is 17. The molecule has 0 unspecified atom stereocenters. The Morgan fingerprint density at radius 3 is 1.23 bits per heavy atom. The maximum absolute atomic E-state index is 15.2. The minimum atomic E-state index is -5.16. The number of hydrogen-bond acceptors (Lipinski definition) is 16. The van der Waals surface area contributed by atoms with E-state index in [0.717, 1.165) is 109 Å². The van der Waals surface area contributed by atoms with Crippen molar-refractivity contribution >= 4 is 60.6 Å². The SMILES string of the molecule is NCC(=O)c1ccc(CN(C(=O)N2CCS(=O)(=O)CC2)c2ccc(CN3CCN(C4COC4)CC3)cc2)c(F)c1.O=C(CNC(=O)C(F)(F)F)c1ccc(CN(C(=O)N2CCS(=O)(=O)CC2)c2ccc(CN3CCN(C4COC4)CC3)cc2)c(F)c1. The number of benzene rings is 4. The zero-order valence-electron chi connectivity index (χ0n) is 47.5. The van der Waals surface area contributed by atoms with Crippen LogP contribution in [0.2, 0.25) is 0 Å². The predicted molar refractivity (Wildman–Crippen MR) is 309 cm³/mol. The maximum Gasteiger partial charge on any atom is 0.471 e. The van der Waals surface area contributed by atoms with Gasteiger partial charge in [-0.3, -0.25) is 43.8 Å². The molecule has 6 saturated heterocycles. The van der Waals surface area contributed by atoms with Gasteiger partial charge in [-0.05, 0) is 47.5 Å². The van der Waals surface area contributed by atoms with Crippen LogP contribution in [-0.2, 0) is 60.1 Å². The number of anilines is 2. The lowest BCUT2D eigenvalue weighted by atomic mass is 10.1. The molecule has 0 saturated carbocycles. The first-order chi connectivity index (χ1) is 41.0. The molecule has 28 heteroatoms. The van der Waals surface area contributed by atoms with Crippen molar-refractivity contribution in [3.05, 3.63) is 130 Å². The van der Waals surface area contributed by atoms with Crippen molar-refractivity contribution in [2.75, 3.05) is 151 Å². The molecule has 6 fully saturated rings. The Morgan fingerprint density at radius 2 is 0.907 bits per heavy atom. The van der Waals surface area contributed by atoms with Crippen molar-refractivity contribution in [2.24, 2.45) is 5.73 Å². The highest BCUT2D eigenvalue weighted by molar-refractivity contribution is 7.91. The number of Topliss-reactive ketones (excluding diaryl/α,β-unsaturated/α-hetero) is 2. The molecule has 21 nitrogen and oxygen atoms in total. The van der Waals surface area contributed by atoms with Crippen molar-refractivity contribution in [1.82, 2.24) is 34.7 Å². The van der Waals surface area contributed by atoms with E-state index in [1.807, 2.05) is 36.4 Å². The van der Waals surface area contributed by atoms with Crippen LogP contribution in [0.15, 0.2) is 84.9 Å². The van der Waals surface area contributed by atoms with Crippen LogP contribution in [0.5, 0.6) is 0 Å². The van der Waals surface area contributed by atoms with E-state index in [1.165, 1.54) is 49.2 Å². The summed E-state index contributed by atoms with van der Waals surface area (Å²) in [5, 5.41) is 1.46. The van der Waals surface area contributed by atoms with E-state index in [4.69, 9.17) is 15.2 Å². The number of nitrogens with one attached hydrogen (secondary N) is 1. The number of nitrogens with two attached hydrogens (primary N) is 1. The molecule has 10 rings (SSSR count). The van der Waals surface area contributed by atoms with E-state index in [0.29, 0.717) is 30.0 Å². The van der Waals surface area contributed by atoms with Crippen LogP contribution in [0.4, 0.5) is 42.9 Å². The molecule has 0 spiro atoms. The summed E-state index contributed by atoms with van der Waals surface area (Å²) in [7, 11) is -6.45. The van der Waals surface area contributed by atoms with E-state index in [2.05, 4.69) is 19.6 Å². The van der Waals surface area contributed by atoms with Gasteiger partial charge in [0.25, 0.3) is 0 Å². The molecule has 86 heavy (non-hydrogen) atoms. The molecule has 466 valence electrons. The highest BCUT2D eigenvalue weighted by atomic mass is 32.2. The van der Waals surface area contributed by atoms with Crippen molar-refractivity contribution in [1.29, 1.82) is 0 Å². The molecule has 6 aliphatic heterocycles. The molecule has 0 radical (unpaired) electrons. The fourth-order valence-electron chi connectivity index (χ4n) is 10.7. The van der Waals surface area contributed by atoms with Crippen LogP contribution >= 0.6 is 0 Å². The fourth-order valence-corrected chi connectivity index (χ4v) is 13.1.